The third-order valence-electron chi connectivity index (χ3n) is 5.84. The molecule has 0 radical (unpaired) electrons. The second-order valence-corrected chi connectivity index (χ2v) is 12.0. The van der Waals surface area contributed by atoms with Crippen molar-refractivity contribution in [2.24, 2.45) is 5.92 Å². The third-order valence-corrected chi connectivity index (χ3v) is 8.13. The van der Waals surface area contributed by atoms with Crippen LogP contribution in [0.2, 0.25) is 10.0 Å². The molecule has 0 saturated carbocycles. The fraction of sp³-hybridized carbons (Fsp3) is 0.286. The monoisotopic (exact) mass is 575 g/mol. The van der Waals surface area contributed by atoms with Crippen LogP contribution in [0.15, 0.2) is 83.8 Å². The summed E-state index contributed by atoms with van der Waals surface area (Å²) in [6, 6.07) is 20.1. The maximum Gasteiger partial charge on any atom is 0.264 e. The van der Waals surface area contributed by atoms with Gasteiger partial charge in [0.25, 0.3) is 10.0 Å². The highest BCUT2D eigenvalue weighted by Gasteiger charge is 2.32. The third kappa shape index (κ3) is 7.72. The molecule has 0 aliphatic rings. The van der Waals surface area contributed by atoms with Gasteiger partial charge >= 0.3 is 0 Å². The van der Waals surface area contributed by atoms with Crippen LogP contribution in [0.5, 0.6) is 0 Å². The summed E-state index contributed by atoms with van der Waals surface area (Å²) in [7, 11) is -4.12. The number of anilines is 1. The molecule has 3 aromatic carbocycles. The fourth-order valence-corrected chi connectivity index (χ4v) is 5.36. The zero-order valence-corrected chi connectivity index (χ0v) is 23.8. The summed E-state index contributed by atoms with van der Waals surface area (Å²) >= 11 is 12.1. The van der Waals surface area contributed by atoms with Gasteiger partial charge in [0.1, 0.15) is 12.6 Å². The van der Waals surface area contributed by atoms with Gasteiger partial charge in [-0.15, -0.1) is 0 Å². The Morgan fingerprint density at radius 2 is 1.39 bits per heavy atom. The average Bonchev–Trinajstić information content (AvgIpc) is 2.90. The minimum Gasteiger partial charge on any atom is -0.354 e. The summed E-state index contributed by atoms with van der Waals surface area (Å²) in [4.78, 5) is 28.2. The van der Waals surface area contributed by atoms with E-state index in [-0.39, 0.29) is 29.0 Å². The molecule has 0 spiro atoms. The topological polar surface area (TPSA) is 86.8 Å². The van der Waals surface area contributed by atoms with Gasteiger partial charge in [0.15, 0.2) is 0 Å². The molecule has 0 saturated heterocycles. The van der Waals surface area contributed by atoms with Crippen LogP contribution >= 0.6 is 23.2 Å². The van der Waals surface area contributed by atoms with Crippen molar-refractivity contribution in [2.75, 3.05) is 17.4 Å². The number of hydrogen-bond donors (Lipinski definition) is 1. The van der Waals surface area contributed by atoms with Crippen LogP contribution in [-0.4, -0.2) is 44.3 Å². The highest BCUT2D eigenvalue weighted by Crippen LogP contribution is 2.26. The second kappa shape index (κ2) is 13.1. The molecule has 0 aliphatic heterocycles. The first-order valence-electron chi connectivity index (χ1n) is 12.1. The SMILES string of the molecule is CC(C)CNC(=O)C(C)N(Cc1ccc(Cl)cc1)C(=O)CN(c1ccc(Cl)cc1)S(=O)(=O)c1ccccc1. The van der Waals surface area contributed by atoms with Gasteiger partial charge in [0.2, 0.25) is 11.8 Å². The van der Waals surface area contributed by atoms with Crippen LogP contribution in [0.1, 0.15) is 26.3 Å². The van der Waals surface area contributed by atoms with Crippen molar-refractivity contribution in [3.8, 4) is 0 Å². The van der Waals surface area contributed by atoms with E-state index >= 15 is 0 Å². The molecule has 202 valence electrons. The van der Waals surface area contributed by atoms with Gasteiger partial charge in [-0.25, -0.2) is 8.42 Å². The molecule has 3 rings (SSSR count). The highest BCUT2D eigenvalue weighted by molar-refractivity contribution is 7.92. The lowest BCUT2D eigenvalue weighted by atomic mass is 10.1. The summed E-state index contributed by atoms with van der Waals surface area (Å²) < 4.78 is 28.4. The van der Waals surface area contributed by atoms with Crippen LogP contribution in [-0.2, 0) is 26.2 Å². The molecular formula is C28H31Cl2N3O4S. The maximum absolute atomic E-state index is 13.8. The molecule has 38 heavy (non-hydrogen) atoms. The van der Waals surface area contributed by atoms with Crippen LogP contribution in [0, 0.1) is 5.92 Å². The molecule has 1 N–H and O–H groups in total. The zero-order chi connectivity index (χ0) is 27.9. The van der Waals surface area contributed by atoms with Gasteiger partial charge in [0, 0.05) is 23.1 Å². The molecule has 1 atom stereocenters. The molecule has 3 aromatic rings. The molecule has 0 fully saturated rings. The normalized spacial score (nSPS) is 12.2. The Bertz CT molecular complexity index is 1330. The summed E-state index contributed by atoms with van der Waals surface area (Å²) in [5, 5.41) is 3.83. The van der Waals surface area contributed by atoms with E-state index in [4.69, 9.17) is 23.2 Å². The lowest BCUT2D eigenvalue weighted by Crippen LogP contribution is -2.51. The molecule has 0 aliphatic carbocycles. The Hall–Kier alpha value is -3.07. The van der Waals surface area contributed by atoms with Crippen molar-refractivity contribution in [3.05, 3.63) is 94.5 Å². The van der Waals surface area contributed by atoms with E-state index in [2.05, 4.69) is 5.32 Å². The van der Waals surface area contributed by atoms with E-state index in [1.54, 1.807) is 73.7 Å². The van der Waals surface area contributed by atoms with Gasteiger partial charge in [-0.05, 0) is 66.9 Å². The van der Waals surface area contributed by atoms with Crippen LogP contribution in [0.25, 0.3) is 0 Å². The number of sulfonamides is 1. The fourth-order valence-electron chi connectivity index (χ4n) is 3.68. The molecule has 10 heteroatoms. The number of nitrogens with zero attached hydrogens (tertiary/aromatic N) is 2. The van der Waals surface area contributed by atoms with E-state index in [1.165, 1.54) is 17.0 Å². The number of amides is 2. The van der Waals surface area contributed by atoms with Crippen molar-refractivity contribution in [1.82, 2.24) is 10.2 Å². The second-order valence-electron chi connectivity index (χ2n) is 9.26. The molecule has 1 unspecified atom stereocenters. The number of carbonyl (C=O) groups is 2. The Labute approximate surface area is 234 Å². The van der Waals surface area contributed by atoms with Crippen LogP contribution in [0.3, 0.4) is 0 Å². The van der Waals surface area contributed by atoms with Gasteiger partial charge in [0.05, 0.1) is 10.6 Å². The van der Waals surface area contributed by atoms with E-state index in [0.29, 0.717) is 16.6 Å². The van der Waals surface area contributed by atoms with Crippen molar-refractivity contribution >= 4 is 50.7 Å². The molecule has 0 bridgehead atoms. The van der Waals surface area contributed by atoms with Crippen molar-refractivity contribution < 1.29 is 18.0 Å². The predicted octanol–water partition coefficient (Wildman–Crippen LogP) is 5.38. The van der Waals surface area contributed by atoms with Crippen molar-refractivity contribution in [1.29, 1.82) is 0 Å². The minimum absolute atomic E-state index is 0.0368. The van der Waals surface area contributed by atoms with Gasteiger partial charge in [-0.3, -0.25) is 13.9 Å². The van der Waals surface area contributed by atoms with Crippen LogP contribution in [0.4, 0.5) is 5.69 Å². The smallest absolute Gasteiger partial charge is 0.264 e. The minimum atomic E-state index is -4.12. The molecule has 7 nitrogen and oxygen atoms in total. The lowest BCUT2D eigenvalue weighted by Gasteiger charge is -2.32. The zero-order valence-electron chi connectivity index (χ0n) is 21.5. The van der Waals surface area contributed by atoms with E-state index < -0.39 is 28.5 Å². The van der Waals surface area contributed by atoms with Gasteiger partial charge < -0.3 is 10.2 Å². The number of carbonyl (C=O) groups excluding carboxylic acids is 2. The van der Waals surface area contributed by atoms with Gasteiger partial charge in [-0.1, -0.05) is 67.4 Å². The highest BCUT2D eigenvalue weighted by atomic mass is 35.5. The standard InChI is InChI=1S/C28H31Cl2N3O4S/c1-20(2)17-31-28(35)21(3)32(18-22-9-11-23(29)12-10-22)27(34)19-33(25-15-13-24(30)14-16-25)38(36,37)26-7-5-4-6-8-26/h4-16,20-21H,17-19H2,1-3H3,(H,31,35). The Morgan fingerprint density at radius 1 is 0.842 bits per heavy atom. The molecule has 2 amide bonds. The summed E-state index contributed by atoms with van der Waals surface area (Å²) in [6.45, 7) is 5.59. The van der Waals surface area contributed by atoms with E-state index in [0.717, 1.165) is 9.87 Å². The molecular weight excluding hydrogens is 545 g/mol. The number of benzene rings is 3. The number of hydrogen-bond acceptors (Lipinski definition) is 4. The maximum atomic E-state index is 13.8. The first-order chi connectivity index (χ1) is 18.0. The summed E-state index contributed by atoms with van der Waals surface area (Å²) in [5.41, 5.74) is 1.02. The van der Waals surface area contributed by atoms with Crippen molar-refractivity contribution in [3.63, 3.8) is 0 Å². The number of halogens is 2. The summed E-state index contributed by atoms with van der Waals surface area (Å²) in [6.07, 6.45) is 0. The lowest BCUT2D eigenvalue weighted by molar-refractivity contribution is -0.139. The predicted molar refractivity (Wildman–Crippen MR) is 152 cm³/mol. The molecule has 0 heterocycles. The van der Waals surface area contributed by atoms with Gasteiger partial charge in [-0.2, -0.15) is 0 Å². The first kappa shape index (κ1) is 29.5. The Kier molecular flexibility index (Phi) is 10.2. The quantitative estimate of drug-likeness (QED) is 0.332. The van der Waals surface area contributed by atoms with E-state index in [9.17, 15) is 18.0 Å². The van der Waals surface area contributed by atoms with Crippen LogP contribution < -0.4 is 9.62 Å². The number of nitrogens with one attached hydrogen (secondary N) is 1. The average molecular weight is 577 g/mol. The molecule has 0 aromatic heterocycles. The van der Waals surface area contributed by atoms with E-state index in [1.807, 2.05) is 13.8 Å². The summed E-state index contributed by atoms with van der Waals surface area (Å²) in [5.74, 6) is -0.644. The van der Waals surface area contributed by atoms with Crippen molar-refractivity contribution in [2.45, 2.75) is 38.3 Å². The number of rotatable bonds is 11. The first-order valence-corrected chi connectivity index (χ1v) is 14.3. The largest absolute Gasteiger partial charge is 0.354 e. The Balaban J connectivity index is 1.98. The Morgan fingerprint density at radius 3 is 1.95 bits per heavy atom.